The smallest absolute Gasteiger partial charge is 0.339 e. The van der Waals surface area contributed by atoms with Gasteiger partial charge >= 0.3 is 5.97 Å². The van der Waals surface area contributed by atoms with E-state index in [0.717, 1.165) is 28.5 Å². The van der Waals surface area contributed by atoms with Gasteiger partial charge in [-0.1, -0.05) is 24.3 Å². The van der Waals surface area contributed by atoms with E-state index in [9.17, 15) is 4.79 Å². The summed E-state index contributed by atoms with van der Waals surface area (Å²) in [7, 11) is 3.03. The molecular formula is C27H24N4O3S. The van der Waals surface area contributed by atoms with Crippen LogP contribution in [0.25, 0.3) is 5.69 Å². The normalized spacial score (nSPS) is 17.2. The first-order chi connectivity index (χ1) is 17.1. The molecule has 0 aliphatic carbocycles. The van der Waals surface area contributed by atoms with Crippen LogP contribution >= 0.6 is 12.2 Å². The lowest BCUT2D eigenvalue weighted by Gasteiger charge is -2.29. The lowest BCUT2D eigenvalue weighted by molar-refractivity contribution is 0.0600. The number of methoxy groups -OCH3 is 2. The molecule has 8 heteroatoms. The summed E-state index contributed by atoms with van der Waals surface area (Å²) < 4.78 is 12.5. The van der Waals surface area contributed by atoms with Crippen molar-refractivity contribution in [1.82, 2.24) is 14.9 Å². The Labute approximate surface area is 208 Å². The minimum atomic E-state index is -0.397. The maximum absolute atomic E-state index is 12.6. The van der Waals surface area contributed by atoms with E-state index >= 15 is 0 Å². The molecule has 7 nitrogen and oxygen atoms in total. The van der Waals surface area contributed by atoms with Gasteiger partial charge in [-0.05, 0) is 60.7 Å². The number of thiocarbonyl (C=S) groups is 1. The second-order valence-corrected chi connectivity index (χ2v) is 8.40. The molecule has 0 spiro atoms. The minimum Gasteiger partial charge on any atom is -0.497 e. The van der Waals surface area contributed by atoms with Crippen molar-refractivity contribution in [2.75, 3.05) is 19.1 Å². The minimum absolute atomic E-state index is 0.228. The Hall–Kier alpha value is -4.17. The predicted octanol–water partition coefficient (Wildman–Crippen LogP) is 4.84. The van der Waals surface area contributed by atoms with E-state index in [-0.39, 0.29) is 12.1 Å². The van der Waals surface area contributed by atoms with Crippen LogP contribution in [0.2, 0.25) is 0 Å². The van der Waals surface area contributed by atoms with Crippen molar-refractivity contribution in [1.29, 1.82) is 0 Å². The number of nitrogens with zero attached hydrogens (tertiary/aromatic N) is 3. The lowest BCUT2D eigenvalue weighted by atomic mass is 10.0. The summed E-state index contributed by atoms with van der Waals surface area (Å²) in [5.74, 6) is 0.336. The zero-order valence-electron chi connectivity index (χ0n) is 19.3. The summed E-state index contributed by atoms with van der Waals surface area (Å²) in [5, 5.41) is 4.05. The van der Waals surface area contributed by atoms with Gasteiger partial charge in [0.2, 0.25) is 0 Å². The average molecular weight is 485 g/mol. The van der Waals surface area contributed by atoms with Gasteiger partial charge in [-0.3, -0.25) is 4.98 Å². The molecule has 4 aromatic rings. The molecule has 1 fully saturated rings. The van der Waals surface area contributed by atoms with Gasteiger partial charge in [0.25, 0.3) is 0 Å². The van der Waals surface area contributed by atoms with Crippen LogP contribution in [-0.4, -0.2) is 34.9 Å². The number of esters is 1. The van der Waals surface area contributed by atoms with Crippen LogP contribution in [0.5, 0.6) is 5.75 Å². The Morgan fingerprint density at radius 3 is 2.60 bits per heavy atom. The van der Waals surface area contributed by atoms with Gasteiger partial charge in [-0.15, -0.1) is 0 Å². The molecule has 2 aromatic heterocycles. The van der Waals surface area contributed by atoms with E-state index in [1.165, 1.54) is 7.11 Å². The number of pyridine rings is 1. The number of carbonyl (C=O) groups excluding carboxylic acids is 1. The van der Waals surface area contributed by atoms with E-state index in [2.05, 4.69) is 15.2 Å². The van der Waals surface area contributed by atoms with Crippen molar-refractivity contribution in [3.8, 4) is 11.4 Å². The Balaban J connectivity index is 1.69. The third-order valence-corrected chi connectivity index (χ3v) is 6.40. The maximum Gasteiger partial charge on any atom is 0.339 e. The quantitative estimate of drug-likeness (QED) is 0.310. The van der Waals surface area contributed by atoms with Crippen molar-refractivity contribution in [2.45, 2.75) is 12.1 Å². The molecule has 176 valence electrons. The number of nitrogens with one attached hydrogen (secondary N) is 1. The molecule has 0 saturated carbocycles. The second kappa shape index (κ2) is 9.60. The molecule has 35 heavy (non-hydrogen) atoms. The molecule has 3 heterocycles. The molecule has 1 saturated heterocycles. The molecule has 2 aromatic carbocycles. The highest BCUT2D eigenvalue weighted by atomic mass is 32.1. The van der Waals surface area contributed by atoms with Gasteiger partial charge < -0.3 is 24.3 Å². The van der Waals surface area contributed by atoms with Crippen molar-refractivity contribution >= 4 is 29.0 Å². The number of hydrogen-bond donors (Lipinski definition) is 1. The molecule has 5 rings (SSSR count). The number of carbonyl (C=O) groups is 1. The standard InChI is InChI=1S/C27H24N4O3S/c1-33-19-10-7-9-18(17-19)31-25(24(29-27(31)35)21-12-5-6-15-28-21)23-14-8-16-30(23)22-13-4-3-11-20(22)26(32)34-2/h3-17,24-25H,1-2H3,(H,29,35)/t24-,25+/m1/s1. The van der Waals surface area contributed by atoms with Gasteiger partial charge in [-0.25, -0.2) is 4.79 Å². The van der Waals surface area contributed by atoms with Crippen molar-refractivity contribution in [3.05, 3.63) is 108 Å². The first-order valence-corrected chi connectivity index (χ1v) is 11.5. The van der Waals surface area contributed by atoms with Crippen LogP contribution < -0.4 is 15.0 Å². The molecule has 1 N–H and O–H groups in total. The monoisotopic (exact) mass is 484 g/mol. The SMILES string of the molecule is COC(=O)c1ccccc1-n1cccc1[C@H]1[C@@H](c2ccccn2)NC(=S)N1c1cccc(OC)c1. The van der Waals surface area contributed by atoms with Crippen LogP contribution in [0.1, 0.15) is 33.8 Å². The van der Waals surface area contributed by atoms with E-state index in [1.807, 2.05) is 83.6 Å². The molecule has 0 bridgehead atoms. The number of aromatic nitrogens is 2. The zero-order valence-corrected chi connectivity index (χ0v) is 20.1. The van der Waals surface area contributed by atoms with Crippen LogP contribution in [0.15, 0.2) is 91.3 Å². The van der Waals surface area contributed by atoms with Gasteiger partial charge in [0.15, 0.2) is 5.11 Å². The fourth-order valence-corrected chi connectivity index (χ4v) is 4.86. The van der Waals surface area contributed by atoms with E-state index in [4.69, 9.17) is 21.7 Å². The number of anilines is 1. The number of rotatable bonds is 6. The van der Waals surface area contributed by atoms with Crippen LogP contribution in [0.3, 0.4) is 0 Å². The third-order valence-electron chi connectivity index (χ3n) is 6.08. The molecule has 1 aliphatic rings. The van der Waals surface area contributed by atoms with Gasteiger partial charge in [0.1, 0.15) is 11.8 Å². The topological polar surface area (TPSA) is 68.6 Å². The fourth-order valence-electron chi connectivity index (χ4n) is 4.51. The zero-order chi connectivity index (χ0) is 24.4. The summed E-state index contributed by atoms with van der Waals surface area (Å²) in [6.07, 6.45) is 3.72. The van der Waals surface area contributed by atoms with Crippen molar-refractivity contribution in [3.63, 3.8) is 0 Å². The number of ether oxygens (including phenoxy) is 2. The second-order valence-electron chi connectivity index (χ2n) is 8.01. The summed E-state index contributed by atoms with van der Waals surface area (Å²) in [6.45, 7) is 0. The van der Waals surface area contributed by atoms with Crippen LogP contribution in [0, 0.1) is 0 Å². The first kappa shape index (κ1) is 22.6. The highest BCUT2D eigenvalue weighted by Crippen LogP contribution is 2.43. The Morgan fingerprint density at radius 2 is 1.83 bits per heavy atom. The van der Waals surface area contributed by atoms with E-state index in [1.54, 1.807) is 19.4 Å². The summed E-state index contributed by atoms with van der Waals surface area (Å²) >= 11 is 5.84. The Morgan fingerprint density at radius 1 is 1.00 bits per heavy atom. The van der Waals surface area contributed by atoms with Gasteiger partial charge in [0.05, 0.1) is 37.2 Å². The molecule has 1 aliphatic heterocycles. The van der Waals surface area contributed by atoms with Crippen molar-refractivity contribution in [2.24, 2.45) is 0 Å². The highest BCUT2D eigenvalue weighted by molar-refractivity contribution is 7.80. The fraction of sp³-hybridized carbons (Fsp3) is 0.148. The Kier molecular flexibility index (Phi) is 6.20. The molecule has 0 unspecified atom stereocenters. The maximum atomic E-state index is 12.6. The first-order valence-electron chi connectivity index (χ1n) is 11.1. The summed E-state index contributed by atoms with van der Waals surface area (Å²) in [6, 6.07) is 24.5. The number of hydrogen-bond acceptors (Lipinski definition) is 5. The Bertz CT molecular complexity index is 1370. The molecule has 2 atom stereocenters. The average Bonchev–Trinajstić information content (AvgIpc) is 3.53. The van der Waals surface area contributed by atoms with E-state index < -0.39 is 5.97 Å². The molecule has 0 radical (unpaired) electrons. The van der Waals surface area contributed by atoms with Crippen LogP contribution in [-0.2, 0) is 4.74 Å². The van der Waals surface area contributed by atoms with E-state index in [0.29, 0.717) is 10.7 Å². The highest BCUT2D eigenvalue weighted by Gasteiger charge is 2.42. The van der Waals surface area contributed by atoms with Crippen LogP contribution in [0.4, 0.5) is 5.69 Å². The molecule has 0 amide bonds. The molecular weight excluding hydrogens is 460 g/mol. The number of para-hydroxylation sites is 1. The predicted molar refractivity (Wildman–Crippen MR) is 138 cm³/mol. The lowest BCUT2D eigenvalue weighted by Crippen LogP contribution is -2.30. The number of benzene rings is 2. The largest absolute Gasteiger partial charge is 0.497 e. The van der Waals surface area contributed by atoms with Gasteiger partial charge in [-0.2, -0.15) is 0 Å². The van der Waals surface area contributed by atoms with Crippen molar-refractivity contribution < 1.29 is 14.3 Å². The summed E-state index contributed by atoms with van der Waals surface area (Å²) in [5.41, 5.74) is 3.89. The third kappa shape index (κ3) is 4.13. The summed E-state index contributed by atoms with van der Waals surface area (Å²) in [4.78, 5) is 19.2. The van der Waals surface area contributed by atoms with Gasteiger partial charge in [0, 0.05) is 29.8 Å².